The summed E-state index contributed by atoms with van der Waals surface area (Å²) in [5.41, 5.74) is 1.64. The summed E-state index contributed by atoms with van der Waals surface area (Å²) >= 11 is 5.82. The molecule has 0 saturated carbocycles. The van der Waals surface area contributed by atoms with Gasteiger partial charge in [0.05, 0.1) is 10.6 Å². The predicted molar refractivity (Wildman–Crippen MR) is 114 cm³/mol. The number of unbranched alkanes of at least 4 members (excludes halogenated alkanes) is 1. The van der Waals surface area contributed by atoms with E-state index >= 15 is 0 Å². The molecule has 2 aromatic rings. The summed E-state index contributed by atoms with van der Waals surface area (Å²) in [6, 6.07) is 10.6. The molecule has 0 bridgehead atoms. The first-order valence-electron chi connectivity index (χ1n) is 9.32. The molecule has 1 N–H and O–H groups in total. The van der Waals surface area contributed by atoms with Gasteiger partial charge in [-0.3, -0.25) is 4.90 Å². The maximum atomic E-state index is 12.8. The van der Waals surface area contributed by atoms with Gasteiger partial charge in [0.2, 0.25) is 10.0 Å². The number of hydrogen-bond acceptors (Lipinski definition) is 3. The Kier molecular flexibility index (Phi) is 8.59. The molecule has 0 fully saturated rings. The summed E-state index contributed by atoms with van der Waals surface area (Å²) in [6.45, 7) is 2.81. The predicted octanol–water partition coefficient (Wildman–Crippen LogP) is 4.90. The van der Waals surface area contributed by atoms with Gasteiger partial charge in [0, 0.05) is 19.6 Å². The zero-order valence-electron chi connectivity index (χ0n) is 16.1. The molecule has 166 valence electrons. The monoisotopic (exact) mass is 482 g/mol. The van der Waals surface area contributed by atoms with Gasteiger partial charge in [0.25, 0.3) is 0 Å². The average molecular weight is 483 g/mol. The molecule has 3 rings (SSSR count). The fraction of sp³-hybridized carbons (Fsp3) is 0.400. The minimum Gasteiger partial charge on any atom is -0.299 e. The SMILES string of the molecule is Cl.O=S(=O)(NCCCCN1CCc2ccccc2C1)c1cc(C(F)(F)F)ccc1Cl. The van der Waals surface area contributed by atoms with Crippen LogP contribution in [-0.4, -0.2) is 33.0 Å². The summed E-state index contributed by atoms with van der Waals surface area (Å²) in [5, 5.41) is -0.238. The second-order valence-electron chi connectivity index (χ2n) is 7.04. The molecular formula is C20H23Cl2F3N2O2S. The lowest BCUT2D eigenvalue weighted by Crippen LogP contribution is -2.32. The van der Waals surface area contributed by atoms with E-state index in [0.29, 0.717) is 12.5 Å². The van der Waals surface area contributed by atoms with Crippen molar-refractivity contribution < 1.29 is 21.6 Å². The maximum Gasteiger partial charge on any atom is 0.416 e. The lowest BCUT2D eigenvalue weighted by atomic mass is 10.00. The quantitative estimate of drug-likeness (QED) is 0.571. The number of rotatable bonds is 7. The first-order valence-corrected chi connectivity index (χ1v) is 11.2. The lowest BCUT2D eigenvalue weighted by Gasteiger charge is -2.28. The molecular weight excluding hydrogens is 460 g/mol. The average Bonchev–Trinajstić information content (AvgIpc) is 2.67. The van der Waals surface area contributed by atoms with E-state index in [9.17, 15) is 21.6 Å². The highest BCUT2D eigenvalue weighted by Gasteiger charge is 2.32. The van der Waals surface area contributed by atoms with E-state index in [2.05, 4.69) is 21.8 Å². The molecule has 0 saturated heterocycles. The highest BCUT2D eigenvalue weighted by Crippen LogP contribution is 2.33. The Morgan fingerprint density at radius 1 is 1.07 bits per heavy atom. The van der Waals surface area contributed by atoms with Crippen molar-refractivity contribution in [1.82, 2.24) is 9.62 Å². The molecule has 0 aromatic heterocycles. The summed E-state index contributed by atoms with van der Waals surface area (Å²) in [5.74, 6) is 0. The molecule has 1 aliphatic heterocycles. The number of fused-ring (bicyclic) bond motifs is 1. The van der Waals surface area contributed by atoms with Crippen LogP contribution < -0.4 is 4.72 Å². The molecule has 1 aliphatic rings. The molecule has 0 amide bonds. The number of halogens is 5. The molecule has 10 heteroatoms. The largest absolute Gasteiger partial charge is 0.416 e. The van der Waals surface area contributed by atoms with Crippen molar-refractivity contribution in [3.63, 3.8) is 0 Å². The van der Waals surface area contributed by atoms with E-state index in [4.69, 9.17) is 11.6 Å². The van der Waals surface area contributed by atoms with E-state index in [1.807, 2.05) is 12.1 Å². The third-order valence-corrected chi connectivity index (χ3v) is 6.89. The van der Waals surface area contributed by atoms with Crippen molar-refractivity contribution in [2.24, 2.45) is 0 Å². The Labute approximate surface area is 185 Å². The smallest absolute Gasteiger partial charge is 0.299 e. The van der Waals surface area contributed by atoms with Gasteiger partial charge >= 0.3 is 6.18 Å². The van der Waals surface area contributed by atoms with Crippen LogP contribution >= 0.6 is 24.0 Å². The number of benzene rings is 2. The third-order valence-electron chi connectivity index (χ3n) is 4.95. The number of nitrogens with zero attached hydrogens (tertiary/aromatic N) is 1. The van der Waals surface area contributed by atoms with Crippen molar-refractivity contribution in [2.75, 3.05) is 19.6 Å². The molecule has 2 aromatic carbocycles. The number of nitrogens with one attached hydrogen (secondary N) is 1. The van der Waals surface area contributed by atoms with Crippen molar-refractivity contribution in [3.8, 4) is 0 Å². The second-order valence-corrected chi connectivity index (χ2v) is 9.19. The van der Waals surface area contributed by atoms with Crippen LogP contribution in [0.15, 0.2) is 47.4 Å². The number of hydrogen-bond donors (Lipinski definition) is 1. The second kappa shape index (κ2) is 10.3. The fourth-order valence-corrected chi connectivity index (χ4v) is 4.97. The van der Waals surface area contributed by atoms with Crippen LogP contribution in [-0.2, 0) is 29.2 Å². The summed E-state index contributed by atoms with van der Waals surface area (Å²) < 4.78 is 65.6. The van der Waals surface area contributed by atoms with Gasteiger partial charge < -0.3 is 0 Å². The first-order chi connectivity index (χ1) is 13.7. The van der Waals surface area contributed by atoms with Crippen LogP contribution in [0.25, 0.3) is 0 Å². The minimum atomic E-state index is -4.64. The standard InChI is InChI=1S/C20H22ClF3N2O2S.ClH/c21-18-8-7-17(20(22,23)24)13-19(18)29(27,28)25-10-3-4-11-26-12-9-15-5-1-2-6-16(15)14-26;/h1-2,5-8,13,25H,3-4,9-12,14H2;1H. The van der Waals surface area contributed by atoms with Crippen LogP contribution in [0.2, 0.25) is 5.02 Å². The van der Waals surface area contributed by atoms with Gasteiger partial charge in [-0.2, -0.15) is 13.2 Å². The van der Waals surface area contributed by atoms with E-state index in [1.54, 1.807) is 0 Å². The van der Waals surface area contributed by atoms with Crippen LogP contribution in [0.4, 0.5) is 13.2 Å². The van der Waals surface area contributed by atoms with Crippen molar-refractivity contribution in [1.29, 1.82) is 0 Å². The van der Waals surface area contributed by atoms with Crippen LogP contribution in [0.1, 0.15) is 29.5 Å². The zero-order valence-corrected chi connectivity index (χ0v) is 18.5. The minimum absolute atomic E-state index is 0. The van der Waals surface area contributed by atoms with Gasteiger partial charge in [-0.05, 0) is 55.1 Å². The summed E-state index contributed by atoms with van der Waals surface area (Å²) in [4.78, 5) is 1.77. The van der Waals surface area contributed by atoms with Crippen LogP contribution in [0.3, 0.4) is 0 Å². The van der Waals surface area contributed by atoms with E-state index in [1.165, 1.54) is 11.1 Å². The van der Waals surface area contributed by atoms with Gasteiger partial charge in [-0.15, -0.1) is 12.4 Å². The van der Waals surface area contributed by atoms with Gasteiger partial charge in [0.15, 0.2) is 0 Å². The maximum absolute atomic E-state index is 12.8. The Bertz CT molecular complexity index is 969. The van der Waals surface area contributed by atoms with Crippen molar-refractivity contribution in [2.45, 2.75) is 36.9 Å². The van der Waals surface area contributed by atoms with Crippen molar-refractivity contribution >= 4 is 34.0 Å². The number of sulfonamides is 1. The Balaban J connectivity index is 0.00000320. The summed E-state index contributed by atoms with van der Waals surface area (Å²) in [7, 11) is -4.11. The lowest BCUT2D eigenvalue weighted by molar-refractivity contribution is -0.137. The highest BCUT2D eigenvalue weighted by atomic mass is 35.5. The van der Waals surface area contributed by atoms with Gasteiger partial charge in [-0.1, -0.05) is 35.9 Å². The summed E-state index contributed by atoms with van der Waals surface area (Å²) in [6.07, 6.45) is -2.28. The van der Waals surface area contributed by atoms with Crippen LogP contribution in [0, 0.1) is 0 Å². The fourth-order valence-electron chi connectivity index (χ4n) is 3.38. The van der Waals surface area contributed by atoms with Crippen molar-refractivity contribution in [3.05, 3.63) is 64.2 Å². The topological polar surface area (TPSA) is 49.4 Å². The molecule has 0 atom stereocenters. The van der Waals surface area contributed by atoms with Crippen LogP contribution in [0.5, 0.6) is 0 Å². The molecule has 0 radical (unpaired) electrons. The highest BCUT2D eigenvalue weighted by molar-refractivity contribution is 7.89. The third kappa shape index (κ3) is 6.34. The molecule has 0 unspecified atom stereocenters. The molecule has 1 heterocycles. The zero-order chi connectivity index (χ0) is 21.1. The first kappa shape index (κ1) is 24.9. The molecule has 0 spiro atoms. The normalized spacial score (nSPS) is 14.8. The Hall–Kier alpha value is -1.32. The number of alkyl halides is 3. The molecule has 4 nitrogen and oxygen atoms in total. The van der Waals surface area contributed by atoms with E-state index in [-0.39, 0.29) is 24.0 Å². The Morgan fingerprint density at radius 2 is 1.77 bits per heavy atom. The Morgan fingerprint density at radius 3 is 2.47 bits per heavy atom. The molecule has 0 aliphatic carbocycles. The van der Waals surface area contributed by atoms with Gasteiger partial charge in [-0.25, -0.2) is 13.1 Å². The van der Waals surface area contributed by atoms with Gasteiger partial charge in [0.1, 0.15) is 4.90 Å². The van der Waals surface area contributed by atoms with E-state index in [0.717, 1.165) is 44.6 Å². The van der Waals surface area contributed by atoms with E-state index < -0.39 is 26.7 Å². The molecule has 30 heavy (non-hydrogen) atoms.